The molecule has 0 fully saturated rings. The van der Waals surface area contributed by atoms with Gasteiger partial charge in [-0.15, -0.1) is 0 Å². The number of carbonyl (C=O) groups excluding carboxylic acids is 2. The summed E-state index contributed by atoms with van der Waals surface area (Å²) in [7, 11) is 2.79. The van der Waals surface area contributed by atoms with E-state index in [1.807, 2.05) is 37.3 Å². The van der Waals surface area contributed by atoms with Gasteiger partial charge >= 0.3 is 5.97 Å². The minimum absolute atomic E-state index is 0.216. The standard InChI is InChI=1S/C20H23NO5/c1-4-17(26-15-8-6-5-7-9-15)19(22)21-13-14-10-11-18(24-2)16(12-14)20(23)25-3/h5-12,17H,4,13H2,1-3H3,(H,21,22)/t17-/m1/s1. The smallest absolute Gasteiger partial charge is 0.341 e. The molecule has 2 aromatic carbocycles. The van der Waals surface area contributed by atoms with Crippen molar-refractivity contribution in [2.45, 2.75) is 26.0 Å². The van der Waals surface area contributed by atoms with Crippen molar-refractivity contribution in [3.63, 3.8) is 0 Å². The largest absolute Gasteiger partial charge is 0.496 e. The molecule has 0 aromatic heterocycles. The van der Waals surface area contributed by atoms with Gasteiger partial charge in [-0.2, -0.15) is 0 Å². The first-order valence-electron chi connectivity index (χ1n) is 8.33. The third kappa shape index (κ3) is 4.99. The molecule has 0 saturated heterocycles. The Morgan fingerprint density at radius 1 is 1.08 bits per heavy atom. The third-order valence-corrected chi connectivity index (χ3v) is 3.82. The van der Waals surface area contributed by atoms with Crippen molar-refractivity contribution >= 4 is 11.9 Å². The molecule has 0 unspecified atom stereocenters. The lowest BCUT2D eigenvalue weighted by Crippen LogP contribution is -2.37. The van der Waals surface area contributed by atoms with Crippen LogP contribution < -0.4 is 14.8 Å². The fourth-order valence-corrected chi connectivity index (χ4v) is 2.42. The summed E-state index contributed by atoms with van der Waals surface area (Å²) in [5.74, 6) is 0.360. The van der Waals surface area contributed by atoms with Gasteiger partial charge in [0.2, 0.25) is 0 Å². The van der Waals surface area contributed by atoms with E-state index >= 15 is 0 Å². The first-order chi connectivity index (χ1) is 12.6. The molecule has 1 atom stereocenters. The Kier molecular flexibility index (Phi) is 7.02. The van der Waals surface area contributed by atoms with Gasteiger partial charge in [0, 0.05) is 6.54 Å². The number of methoxy groups -OCH3 is 2. The lowest BCUT2D eigenvalue weighted by atomic mass is 10.1. The zero-order chi connectivity index (χ0) is 18.9. The van der Waals surface area contributed by atoms with Crippen LogP contribution >= 0.6 is 0 Å². The van der Waals surface area contributed by atoms with Crippen LogP contribution in [0.3, 0.4) is 0 Å². The Hall–Kier alpha value is -3.02. The molecule has 6 nitrogen and oxygen atoms in total. The van der Waals surface area contributed by atoms with E-state index in [1.165, 1.54) is 14.2 Å². The van der Waals surface area contributed by atoms with Crippen LogP contribution in [0, 0.1) is 0 Å². The van der Waals surface area contributed by atoms with Crippen LogP contribution in [0.25, 0.3) is 0 Å². The van der Waals surface area contributed by atoms with E-state index in [4.69, 9.17) is 14.2 Å². The maximum Gasteiger partial charge on any atom is 0.341 e. The molecule has 0 spiro atoms. The highest BCUT2D eigenvalue weighted by Gasteiger charge is 2.19. The molecule has 0 aliphatic rings. The van der Waals surface area contributed by atoms with Gasteiger partial charge < -0.3 is 19.5 Å². The van der Waals surface area contributed by atoms with Crippen molar-refractivity contribution in [3.05, 3.63) is 59.7 Å². The second kappa shape index (κ2) is 9.46. The van der Waals surface area contributed by atoms with Crippen molar-refractivity contribution in [2.75, 3.05) is 14.2 Å². The van der Waals surface area contributed by atoms with Crippen LogP contribution in [0.4, 0.5) is 0 Å². The number of esters is 1. The van der Waals surface area contributed by atoms with Gasteiger partial charge in [0.05, 0.1) is 14.2 Å². The summed E-state index contributed by atoms with van der Waals surface area (Å²) in [4.78, 5) is 24.2. The average molecular weight is 357 g/mol. The summed E-state index contributed by atoms with van der Waals surface area (Å²) in [6.45, 7) is 2.15. The van der Waals surface area contributed by atoms with Gasteiger partial charge in [-0.05, 0) is 36.2 Å². The quantitative estimate of drug-likeness (QED) is 0.735. The Balaban J connectivity index is 2.02. The number of nitrogens with one attached hydrogen (secondary N) is 1. The molecule has 26 heavy (non-hydrogen) atoms. The highest BCUT2D eigenvalue weighted by molar-refractivity contribution is 5.92. The predicted octanol–water partition coefficient (Wildman–Crippen LogP) is 2.96. The van der Waals surface area contributed by atoms with E-state index in [0.717, 1.165) is 5.56 Å². The minimum Gasteiger partial charge on any atom is -0.496 e. The van der Waals surface area contributed by atoms with Crippen LogP contribution in [0.15, 0.2) is 48.5 Å². The van der Waals surface area contributed by atoms with Gasteiger partial charge in [0.15, 0.2) is 6.10 Å². The lowest BCUT2D eigenvalue weighted by Gasteiger charge is -2.17. The molecule has 0 radical (unpaired) electrons. The highest BCUT2D eigenvalue weighted by atomic mass is 16.5. The molecule has 1 amide bonds. The molecular weight excluding hydrogens is 334 g/mol. The second-order valence-corrected chi connectivity index (χ2v) is 5.57. The molecule has 1 N–H and O–H groups in total. The third-order valence-electron chi connectivity index (χ3n) is 3.82. The van der Waals surface area contributed by atoms with Gasteiger partial charge in [-0.1, -0.05) is 31.2 Å². The summed E-state index contributed by atoms with van der Waals surface area (Å²) in [5, 5.41) is 2.83. The van der Waals surface area contributed by atoms with Crippen LogP contribution in [0.1, 0.15) is 29.3 Å². The molecule has 0 aliphatic carbocycles. The normalized spacial score (nSPS) is 11.3. The maximum absolute atomic E-state index is 12.4. The number of hydrogen-bond acceptors (Lipinski definition) is 5. The molecule has 2 rings (SSSR count). The van der Waals surface area contributed by atoms with E-state index in [2.05, 4.69) is 5.32 Å². The number of ether oxygens (including phenoxy) is 3. The second-order valence-electron chi connectivity index (χ2n) is 5.57. The van der Waals surface area contributed by atoms with Crippen molar-refractivity contribution < 1.29 is 23.8 Å². The zero-order valence-corrected chi connectivity index (χ0v) is 15.2. The monoisotopic (exact) mass is 357 g/mol. The minimum atomic E-state index is -0.587. The molecule has 0 bridgehead atoms. The van der Waals surface area contributed by atoms with Crippen molar-refractivity contribution in [2.24, 2.45) is 0 Å². The van der Waals surface area contributed by atoms with Crippen molar-refractivity contribution in [1.82, 2.24) is 5.32 Å². The highest BCUT2D eigenvalue weighted by Crippen LogP contribution is 2.21. The van der Waals surface area contributed by atoms with Crippen LogP contribution in [0.2, 0.25) is 0 Å². The zero-order valence-electron chi connectivity index (χ0n) is 15.2. The summed E-state index contributed by atoms with van der Waals surface area (Å²) in [6.07, 6.45) is -0.0488. The molecule has 0 aliphatic heterocycles. The van der Waals surface area contributed by atoms with E-state index in [0.29, 0.717) is 23.5 Å². The Morgan fingerprint density at radius 2 is 1.81 bits per heavy atom. The topological polar surface area (TPSA) is 73.9 Å². The van der Waals surface area contributed by atoms with Crippen LogP contribution in [-0.4, -0.2) is 32.2 Å². The number of benzene rings is 2. The number of carbonyl (C=O) groups is 2. The van der Waals surface area contributed by atoms with Gasteiger partial charge in [0.1, 0.15) is 17.1 Å². The van der Waals surface area contributed by atoms with Gasteiger partial charge in [0.25, 0.3) is 5.91 Å². The SMILES string of the molecule is CC[C@@H](Oc1ccccc1)C(=O)NCc1ccc(OC)c(C(=O)OC)c1. The maximum atomic E-state index is 12.4. The molecule has 6 heteroatoms. The summed E-state index contributed by atoms with van der Waals surface area (Å²) < 4.78 is 15.6. The number of para-hydroxylation sites is 1. The number of hydrogen-bond donors (Lipinski definition) is 1. The van der Waals surface area contributed by atoms with Gasteiger partial charge in [-0.3, -0.25) is 4.79 Å². The molecule has 0 heterocycles. The Labute approximate surface area is 153 Å². The van der Waals surface area contributed by atoms with E-state index in [1.54, 1.807) is 18.2 Å². The fraction of sp³-hybridized carbons (Fsp3) is 0.300. The number of rotatable bonds is 8. The molecule has 2 aromatic rings. The van der Waals surface area contributed by atoms with Crippen molar-refractivity contribution in [1.29, 1.82) is 0 Å². The Bertz CT molecular complexity index is 745. The summed E-state index contributed by atoms with van der Waals surface area (Å²) >= 11 is 0. The average Bonchev–Trinajstić information content (AvgIpc) is 2.70. The van der Waals surface area contributed by atoms with Gasteiger partial charge in [-0.25, -0.2) is 4.79 Å². The molecular formula is C20H23NO5. The number of amides is 1. The fourth-order valence-electron chi connectivity index (χ4n) is 2.42. The summed E-state index contributed by atoms with van der Waals surface area (Å²) in [5.41, 5.74) is 1.07. The van der Waals surface area contributed by atoms with E-state index in [-0.39, 0.29) is 12.5 Å². The predicted molar refractivity (Wildman–Crippen MR) is 97.3 cm³/mol. The first kappa shape index (κ1) is 19.3. The molecule has 138 valence electrons. The van der Waals surface area contributed by atoms with Crippen LogP contribution in [-0.2, 0) is 16.1 Å². The van der Waals surface area contributed by atoms with Crippen molar-refractivity contribution in [3.8, 4) is 11.5 Å². The van der Waals surface area contributed by atoms with E-state index in [9.17, 15) is 9.59 Å². The molecule has 0 saturated carbocycles. The Morgan fingerprint density at radius 3 is 2.42 bits per heavy atom. The summed E-state index contributed by atoms with van der Waals surface area (Å²) in [6, 6.07) is 14.3. The van der Waals surface area contributed by atoms with E-state index < -0.39 is 12.1 Å². The first-order valence-corrected chi connectivity index (χ1v) is 8.33. The van der Waals surface area contributed by atoms with Crippen LogP contribution in [0.5, 0.6) is 11.5 Å². The lowest BCUT2D eigenvalue weighted by molar-refractivity contribution is -0.128.